The zero-order chi connectivity index (χ0) is 21.9. The molecule has 0 radical (unpaired) electrons. The summed E-state index contributed by atoms with van der Waals surface area (Å²) in [4.78, 5) is 15.0. The second-order valence-corrected chi connectivity index (χ2v) is 10.2. The van der Waals surface area contributed by atoms with Crippen molar-refractivity contribution in [2.24, 2.45) is 11.8 Å². The zero-order valence-corrected chi connectivity index (χ0v) is 18.6. The number of nitrogens with one attached hydrogen (secondary N) is 4. The number of nitrogens with zero attached hydrogens (tertiary/aromatic N) is 1. The normalized spacial score (nSPS) is 37.1. The summed E-state index contributed by atoms with van der Waals surface area (Å²) in [7, 11) is 3.42. The van der Waals surface area contributed by atoms with Crippen LogP contribution in [0.4, 0.5) is 13.2 Å². The fourth-order valence-electron chi connectivity index (χ4n) is 4.60. The maximum atomic E-state index is 13.3. The number of carbonyl (C=O) groups excluding carboxylic acids is 1. The lowest BCUT2D eigenvalue weighted by Crippen LogP contribution is -2.57. The minimum absolute atomic E-state index is 0.000694. The molecule has 3 fully saturated rings. The number of halogens is 3. The molecule has 174 valence electrons. The Balaban J connectivity index is 1.52. The van der Waals surface area contributed by atoms with Gasteiger partial charge in [0, 0.05) is 18.4 Å². The Hall–Kier alpha value is -0.590. The highest BCUT2D eigenvalue weighted by atomic mass is 32.2. The van der Waals surface area contributed by atoms with Crippen molar-refractivity contribution >= 4 is 17.7 Å². The Morgan fingerprint density at radius 3 is 2.67 bits per heavy atom. The molecule has 0 spiro atoms. The molecule has 3 rings (SSSR count). The molecule has 11 heteroatoms. The van der Waals surface area contributed by atoms with Gasteiger partial charge in [-0.1, -0.05) is 13.3 Å². The second kappa shape index (κ2) is 10.4. The molecule has 2 heterocycles. The van der Waals surface area contributed by atoms with Crippen molar-refractivity contribution in [3.05, 3.63) is 0 Å². The van der Waals surface area contributed by atoms with Gasteiger partial charge in [-0.2, -0.15) is 13.2 Å². The van der Waals surface area contributed by atoms with E-state index in [0.29, 0.717) is 11.2 Å². The van der Waals surface area contributed by atoms with Gasteiger partial charge in [0.05, 0.1) is 18.6 Å². The predicted molar refractivity (Wildman–Crippen MR) is 110 cm³/mol. The predicted octanol–water partition coefficient (Wildman–Crippen LogP) is 1.97. The number of hydrazine groups is 1. The number of hydrogen-bond donors (Lipinski definition) is 4. The zero-order valence-electron chi connectivity index (χ0n) is 17.8. The van der Waals surface area contributed by atoms with Gasteiger partial charge in [0.15, 0.2) is 0 Å². The van der Waals surface area contributed by atoms with Gasteiger partial charge >= 0.3 is 6.18 Å². The largest absolute Gasteiger partial charge is 0.392 e. The van der Waals surface area contributed by atoms with Crippen LogP contribution in [-0.4, -0.2) is 66.9 Å². The Kier molecular flexibility index (Phi) is 8.30. The minimum Gasteiger partial charge on any atom is -0.367 e. The molecule has 0 aromatic carbocycles. The van der Waals surface area contributed by atoms with Crippen LogP contribution in [0, 0.1) is 11.8 Å². The van der Waals surface area contributed by atoms with E-state index in [1.165, 1.54) is 7.11 Å². The van der Waals surface area contributed by atoms with Gasteiger partial charge in [-0.05, 0) is 45.1 Å². The number of carbonyl (C=O) groups is 1. The Morgan fingerprint density at radius 1 is 1.27 bits per heavy atom. The highest BCUT2D eigenvalue weighted by molar-refractivity contribution is 8.00. The van der Waals surface area contributed by atoms with Crippen LogP contribution in [0.1, 0.15) is 45.4 Å². The van der Waals surface area contributed by atoms with Crippen LogP contribution in [0.5, 0.6) is 0 Å². The Morgan fingerprint density at radius 2 is 2.03 bits per heavy atom. The quantitative estimate of drug-likeness (QED) is 0.490. The van der Waals surface area contributed by atoms with Crippen LogP contribution in [0.2, 0.25) is 0 Å². The number of ether oxygens (including phenoxy) is 1. The van der Waals surface area contributed by atoms with E-state index in [4.69, 9.17) is 4.74 Å². The molecule has 0 bridgehead atoms. The third-order valence-electron chi connectivity index (χ3n) is 6.49. The van der Waals surface area contributed by atoms with Crippen LogP contribution >= 0.6 is 11.8 Å². The Bertz CT molecular complexity index is 585. The molecule has 30 heavy (non-hydrogen) atoms. The average molecular weight is 454 g/mol. The number of methoxy groups -OCH3 is 1. The van der Waals surface area contributed by atoms with Gasteiger partial charge in [-0.25, -0.2) is 10.9 Å². The molecule has 7 nitrogen and oxygen atoms in total. The monoisotopic (exact) mass is 453 g/mol. The lowest BCUT2D eigenvalue weighted by atomic mass is 9.83. The van der Waals surface area contributed by atoms with Crippen molar-refractivity contribution in [1.29, 1.82) is 0 Å². The third-order valence-corrected chi connectivity index (χ3v) is 8.04. The first-order valence-electron chi connectivity index (χ1n) is 10.7. The van der Waals surface area contributed by atoms with E-state index in [1.54, 1.807) is 0 Å². The molecule has 0 aromatic heterocycles. The fourth-order valence-corrected chi connectivity index (χ4v) is 5.91. The molecule has 7 atom stereocenters. The van der Waals surface area contributed by atoms with Gasteiger partial charge < -0.3 is 10.1 Å². The minimum atomic E-state index is -4.32. The summed E-state index contributed by atoms with van der Waals surface area (Å²) < 4.78 is 44.9. The standard InChI is InChI=1S/C19H34F3N5O2S/c1-11(30-18-26-23-10-27(18)2)12-5-4-6-14(7-12)24-17(28)15-8-13(19(20,21)22)9-16(25-15)29-3/h11-16,18,23,25-26H,4-10H2,1-3H3,(H,24,28)/t11-,12?,13?,14?,15?,16?,18?/m0/s1. The topological polar surface area (TPSA) is 77.7 Å². The SMILES string of the molecule is COC1CC(C(F)(F)F)CC(C(=O)NC2CCCC([C@H](C)SC3NNCN3C)C2)N1. The van der Waals surface area contributed by atoms with Crippen molar-refractivity contribution in [3.63, 3.8) is 0 Å². The van der Waals surface area contributed by atoms with Crippen molar-refractivity contribution in [2.45, 2.75) is 80.7 Å². The average Bonchev–Trinajstić information content (AvgIpc) is 3.11. The first-order valence-corrected chi connectivity index (χ1v) is 11.6. The van der Waals surface area contributed by atoms with Crippen molar-refractivity contribution < 1.29 is 22.7 Å². The van der Waals surface area contributed by atoms with Crippen molar-refractivity contribution in [2.75, 3.05) is 20.8 Å². The van der Waals surface area contributed by atoms with E-state index < -0.39 is 24.4 Å². The third kappa shape index (κ3) is 6.23. The lowest BCUT2D eigenvalue weighted by molar-refractivity contribution is -0.196. The van der Waals surface area contributed by atoms with Gasteiger partial charge in [-0.3, -0.25) is 15.0 Å². The van der Waals surface area contributed by atoms with Gasteiger partial charge in [0.25, 0.3) is 0 Å². The molecular formula is C19H34F3N5O2S. The molecule has 6 unspecified atom stereocenters. The molecule has 4 N–H and O–H groups in total. The molecular weight excluding hydrogens is 419 g/mol. The first kappa shape index (κ1) is 24.1. The van der Waals surface area contributed by atoms with E-state index in [-0.39, 0.29) is 30.3 Å². The highest BCUT2D eigenvalue weighted by Gasteiger charge is 2.46. The fraction of sp³-hybridized carbons (Fsp3) is 0.947. The maximum Gasteiger partial charge on any atom is 0.392 e. The van der Waals surface area contributed by atoms with E-state index in [2.05, 4.69) is 40.4 Å². The van der Waals surface area contributed by atoms with Crippen molar-refractivity contribution in [3.8, 4) is 0 Å². The van der Waals surface area contributed by atoms with Crippen LogP contribution in [0.25, 0.3) is 0 Å². The van der Waals surface area contributed by atoms with Crippen LogP contribution in [0.3, 0.4) is 0 Å². The number of amides is 1. The summed E-state index contributed by atoms with van der Waals surface area (Å²) in [6.07, 6.45) is -1.66. The number of thioether (sulfide) groups is 1. The molecule has 2 aliphatic heterocycles. The number of hydrogen-bond acceptors (Lipinski definition) is 7. The van der Waals surface area contributed by atoms with Crippen molar-refractivity contribution in [1.82, 2.24) is 26.4 Å². The number of piperidine rings is 1. The molecule has 3 aliphatic rings. The first-order chi connectivity index (χ1) is 14.2. The lowest BCUT2D eigenvalue weighted by Gasteiger charge is -2.38. The molecule has 2 saturated heterocycles. The summed E-state index contributed by atoms with van der Waals surface area (Å²) in [5, 5.41) is 6.35. The summed E-state index contributed by atoms with van der Waals surface area (Å²) in [6.45, 7) is 3.01. The highest BCUT2D eigenvalue weighted by Crippen LogP contribution is 2.37. The van der Waals surface area contributed by atoms with E-state index in [1.807, 2.05) is 11.8 Å². The summed E-state index contributed by atoms with van der Waals surface area (Å²) >= 11 is 1.86. The molecule has 1 amide bonds. The van der Waals surface area contributed by atoms with Crippen LogP contribution in [-0.2, 0) is 9.53 Å². The van der Waals surface area contributed by atoms with E-state index in [0.717, 1.165) is 32.4 Å². The van der Waals surface area contributed by atoms with Gasteiger partial charge in [0.1, 0.15) is 11.7 Å². The molecule has 0 aromatic rings. The molecule has 1 saturated carbocycles. The van der Waals surface area contributed by atoms with Crippen LogP contribution in [0.15, 0.2) is 0 Å². The number of rotatable bonds is 6. The van der Waals surface area contributed by atoms with E-state index >= 15 is 0 Å². The number of alkyl halides is 3. The Labute approximate surface area is 180 Å². The maximum absolute atomic E-state index is 13.3. The van der Waals surface area contributed by atoms with Gasteiger partial charge in [-0.15, -0.1) is 11.8 Å². The second-order valence-electron chi connectivity index (χ2n) is 8.72. The summed E-state index contributed by atoms with van der Waals surface area (Å²) in [5.74, 6) is -1.42. The van der Waals surface area contributed by atoms with Crippen LogP contribution < -0.4 is 21.5 Å². The van der Waals surface area contributed by atoms with E-state index in [9.17, 15) is 18.0 Å². The summed E-state index contributed by atoms with van der Waals surface area (Å²) in [5.41, 5.74) is 6.59. The molecule has 1 aliphatic carbocycles. The smallest absolute Gasteiger partial charge is 0.367 e. The van der Waals surface area contributed by atoms with Gasteiger partial charge in [0.2, 0.25) is 5.91 Å². The summed E-state index contributed by atoms with van der Waals surface area (Å²) in [6, 6.07) is -0.884.